The summed E-state index contributed by atoms with van der Waals surface area (Å²) in [5.41, 5.74) is 0. The lowest BCUT2D eigenvalue weighted by Gasteiger charge is -2.30. The fourth-order valence-electron chi connectivity index (χ4n) is 4.54. The Morgan fingerprint density at radius 2 is 0.806 bits per heavy atom. The van der Waals surface area contributed by atoms with Crippen LogP contribution in [0.3, 0.4) is 0 Å². The first kappa shape index (κ1) is 30.4. The molecule has 0 saturated carbocycles. The van der Waals surface area contributed by atoms with Crippen molar-refractivity contribution in [1.29, 1.82) is 0 Å². The maximum Gasteiger partial charge on any atom is 0.0782 e. The molecule has 0 aliphatic heterocycles. The summed E-state index contributed by atoms with van der Waals surface area (Å²) in [6.45, 7) is 4.70. The quantitative estimate of drug-likeness (QED) is 0.110. The van der Waals surface area contributed by atoms with Gasteiger partial charge >= 0.3 is 0 Å². The Kier molecular flexibility index (Phi) is 22.2. The van der Waals surface area contributed by atoms with E-state index in [0.717, 1.165) is 30.3 Å². The lowest BCUT2D eigenvalue weighted by Crippen LogP contribution is -2.41. The fourth-order valence-corrected chi connectivity index (χ4v) is 4.54. The molecule has 0 aromatic heterocycles. The molecule has 0 N–H and O–H groups in total. The van der Waals surface area contributed by atoms with Crippen LogP contribution in [0.25, 0.3) is 0 Å². The largest absolute Gasteiger partial charge is 0.550 e. The number of carbonyl (C=O) groups is 1. The van der Waals surface area contributed by atoms with Gasteiger partial charge in [-0.1, -0.05) is 110 Å². The Morgan fingerprint density at radius 3 is 1.13 bits per heavy atom. The molecule has 0 heterocycles. The van der Waals surface area contributed by atoms with E-state index in [0.29, 0.717) is 0 Å². The summed E-state index contributed by atoms with van der Waals surface area (Å²) in [6.07, 6.45) is 28.8. The summed E-state index contributed by atoms with van der Waals surface area (Å²) in [4.78, 5) is 10.4. The molecule has 0 aliphatic rings. The number of hydrogen-bond acceptors (Lipinski definition) is 2. The maximum absolute atomic E-state index is 10.4. The average Bonchev–Trinajstić information content (AvgIpc) is 2.72. The minimum atomic E-state index is -0.910. The second-order valence-electron chi connectivity index (χ2n) is 10.6. The van der Waals surface area contributed by atoms with Gasteiger partial charge in [0.2, 0.25) is 0 Å². The summed E-state index contributed by atoms with van der Waals surface area (Å²) in [6, 6.07) is 0. The summed E-state index contributed by atoms with van der Waals surface area (Å²) >= 11 is 0. The van der Waals surface area contributed by atoms with Gasteiger partial charge in [0, 0.05) is 5.97 Å². The van der Waals surface area contributed by atoms with Gasteiger partial charge < -0.3 is 14.4 Å². The summed E-state index contributed by atoms with van der Waals surface area (Å²) in [5.74, 6) is -0.910. The standard InChI is InChI=1S/C28H57NO2/c1-4-5-6-7-8-9-10-11-12-13-14-15-16-17-18-19-20-23-26-29(2,3)27-24-21-22-25-28(30)31/h4-27H2,1-3H3. The maximum atomic E-state index is 10.4. The van der Waals surface area contributed by atoms with Crippen molar-refractivity contribution < 1.29 is 14.4 Å². The van der Waals surface area contributed by atoms with E-state index in [2.05, 4.69) is 21.0 Å². The van der Waals surface area contributed by atoms with Crippen molar-refractivity contribution in [3.63, 3.8) is 0 Å². The second-order valence-corrected chi connectivity index (χ2v) is 10.6. The Bertz CT molecular complexity index is 381. The predicted molar refractivity (Wildman–Crippen MR) is 134 cm³/mol. The highest BCUT2D eigenvalue weighted by atomic mass is 16.4. The van der Waals surface area contributed by atoms with Gasteiger partial charge in [-0.15, -0.1) is 0 Å². The van der Waals surface area contributed by atoms with E-state index in [-0.39, 0.29) is 6.42 Å². The Morgan fingerprint density at radius 1 is 0.516 bits per heavy atom. The third-order valence-corrected chi connectivity index (χ3v) is 6.76. The zero-order valence-electron chi connectivity index (χ0n) is 21.7. The number of nitrogens with zero attached hydrogens (tertiary/aromatic N) is 1. The molecule has 0 aromatic rings. The molecule has 0 aliphatic carbocycles. The van der Waals surface area contributed by atoms with Crippen LogP contribution in [-0.2, 0) is 4.79 Å². The molecule has 3 nitrogen and oxygen atoms in total. The van der Waals surface area contributed by atoms with Crippen LogP contribution in [0.15, 0.2) is 0 Å². The molecule has 0 amide bonds. The number of rotatable bonds is 25. The molecule has 0 fully saturated rings. The smallest absolute Gasteiger partial charge is 0.0782 e. The Hall–Kier alpha value is -0.570. The molecule has 3 heteroatoms. The van der Waals surface area contributed by atoms with E-state index >= 15 is 0 Å². The summed E-state index contributed by atoms with van der Waals surface area (Å²) < 4.78 is 1.07. The highest BCUT2D eigenvalue weighted by Gasteiger charge is 2.13. The molecule has 0 bridgehead atoms. The first-order valence-corrected chi connectivity index (χ1v) is 14.0. The second kappa shape index (κ2) is 22.6. The zero-order chi connectivity index (χ0) is 23.0. The van der Waals surface area contributed by atoms with E-state index in [1.165, 1.54) is 122 Å². The van der Waals surface area contributed by atoms with Gasteiger partial charge in [-0.3, -0.25) is 0 Å². The zero-order valence-corrected chi connectivity index (χ0v) is 21.7. The van der Waals surface area contributed by atoms with Crippen LogP contribution in [0.2, 0.25) is 0 Å². The van der Waals surface area contributed by atoms with Gasteiger partial charge in [0.25, 0.3) is 0 Å². The average molecular weight is 440 g/mol. The van der Waals surface area contributed by atoms with E-state index < -0.39 is 5.97 Å². The van der Waals surface area contributed by atoms with Crippen molar-refractivity contribution in [2.24, 2.45) is 0 Å². The van der Waals surface area contributed by atoms with Crippen molar-refractivity contribution in [1.82, 2.24) is 0 Å². The monoisotopic (exact) mass is 439 g/mol. The van der Waals surface area contributed by atoms with Crippen LogP contribution in [0.5, 0.6) is 0 Å². The molecule has 0 radical (unpaired) electrons. The van der Waals surface area contributed by atoms with Crippen LogP contribution < -0.4 is 5.11 Å². The van der Waals surface area contributed by atoms with Gasteiger partial charge in [0.1, 0.15) is 0 Å². The highest BCUT2D eigenvalue weighted by molar-refractivity contribution is 5.63. The van der Waals surface area contributed by atoms with E-state index in [4.69, 9.17) is 0 Å². The number of aliphatic carboxylic acids is 1. The van der Waals surface area contributed by atoms with Crippen LogP contribution in [0.4, 0.5) is 0 Å². The number of hydrogen-bond donors (Lipinski definition) is 0. The van der Waals surface area contributed by atoms with Gasteiger partial charge in [-0.25, -0.2) is 0 Å². The van der Waals surface area contributed by atoms with Crippen LogP contribution >= 0.6 is 0 Å². The third kappa shape index (κ3) is 25.6. The van der Waals surface area contributed by atoms with Gasteiger partial charge in [-0.2, -0.15) is 0 Å². The first-order chi connectivity index (χ1) is 15.0. The van der Waals surface area contributed by atoms with E-state index in [1.807, 2.05) is 0 Å². The van der Waals surface area contributed by atoms with Crippen molar-refractivity contribution in [2.45, 2.75) is 148 Å². The molecule has 0 aromatic carbocycles. The number of carboxylic acid groups (broad SMARTS) is 1. The van der Waals surface area contributed by atoms with Crippen molar-refractivity contribution >= 4 is 5.97 Å². The molecule has 186 valence electrons. The van der Waals surface area contributed by atoms with Crippen molar-refractivity contribution in [3.05, 3.63) is 0 Å². The Balaban J connectivity index is 3.24. The fraction of sp³-hybridized carbons (Fsp3) is 0.964. The van der Waals surface area contributed by atoms with Gasteiger partial charge in [-0.05, 0) is 38.5 Å². The molecule has 0 spiro atoms. The molecule has 0 rings (SSSR count). The van der Waals surface area contributed by atoms with E-state index in [1.54, 1.807) is 0 Å². The SMILES string of the molecule is CCCCCCCCCCCCCCCCCCCC[N+](C)(C)CCCCCC(=O)[O-]. The number of carbonyl (C=O) groups excluding carboxylic acids is 1. The normalized spacial score (nSPS) is 11.8. The van der Waals surface area contributed by atoms with Crippen LogP contribution in [0, 0.1) is 0 Å². The lowest BCUT2D eigenvalue weighted by atomic mass is 10.0. The number of carboxylic acids is 1. The first-order valence-electron chi connectivity index (χ1n) is 14.0. The summed E-state index contributed by atoms with van der Waals surface area (Å²) in [5, 5.41) is 10.4. The molecule has 0 atom stereocenters. The highest BCUT2D eigenvalue weighted by Crippen LogP contribution is 2.15. The van der Waals surface area contributed by atoms with Gasteiger partial charge in [0.15, 0.2) is 0 Å². The minimum absolute atomic E-state index is 0.215. The summed E-state index contributed by atoms with van der Waals surface area (Å²) in [7, 11) is 4.62. The van der Waals surface area contributed by atoms with Gasteiger partial charge in [0.05, 0.1) is 27.2 Å². The third-order valence-electron chi connectivity index (χ3n) is 6.76. The molecular formula is C28H57NO2. The molecule has 0 unspecified atom stereocenters. The minimum Gasteiger partial charge on any atom is -0.550 e. The van der Waals surface area contributed by atoms with Crippen LogP contribution in [-0.4, -0.2) is 37.6 Å². The molecule has 31 heavy (non-hydrogen) atoms. The van der Waals surface area contributed by atoms with E-state index in [9.17, 15) is 9.90 Å². The predicted octanol–water partition coefficient (Wildman–Crippen LogP) is 7.41. The molecule has 0 saturated heterocycles. The topological polar surface area (TPSA) is 40.1 Å². The Labute approximate surface area is 196 Å². The number of unbranched alkanes of at least 4 members (excludes halogenated alkanes) is 19. The van der Waals surface area contributed by atoms with Crippen molar-refractivity contribution in [2.75, 3.05) is 27.2 Å². The van der Waals surface area contributed by atoms with Crippen LogP contribution in [0.1, 0.15) is 148 Å². The number of quaternary nitrogens is 1. The molecular weight excluding hydrogens is 382 g/mol. The van der Waals surface area contributed by atoms with Crippen molar-refractivity contribution in [3.8, 4) is 0 Å². The lowest BCUT2D eigenvalue weighted by molar-refractivity contribution is -0.890.